The maximum Gasteiger partial charge on any atom is 0.252 e. The molecule has 0 saturated heterocycles. The van der Waals surface area contributed by atoms with E-state index in [0.717, 1.165) is 34.7 Å². The Balaban J connectivity index is 1.86. The molecule has 1 amide bonds. The summed E-state index contributed by atoms with van der Waals surface area (Å²) in [6, 6.07) is 19.8. The van der Waals surface area contributed by atoms with Crippen LogP contribution in [-0.4, -0.2) is 19.8 Å². The Morgan fingerprint density at radius 3 is 2.68 bits per heavy atom. The van der Waals surface area contributed by atoms with E-state index in [9.17, 15) is 4.79 Å². The van der Waals surface area contributed by atoms with E-state index in [1.54, 1.807) is 13.2 Å². The van der Waals surface area contributed by atoms with Crippen molar-refractivity contribution >= 4 is 16.7 Å². The summed E-state index contributed by atoms with van der Waals surface area (Å²) in [7, 11) is 1.57. The predicted molar refractivity (Wildman–Crippen MR) is 112 cm³/mol. The Morgan fingerprint density at radius 1 is 1.11 bits per heavy atom. The van der Waals surface area contributed by atoms with Crippen LogP contribution in [0.15, 0.2) is 60.7 Å². The highest BCUT2D eigenvalue weighted by atomic mass is 16.7. The third-order valence-electron chi connectivity index (χ3n) is 4.75. The molecular formula is C24H26NO3. The van der Waals surface area contributed by atoms with Crippen molar-refractivity contribution in [1.82, 2.24) is 5.32 Å². The van der Waals surface area contributed by atoms with E-state index in [1.807, 2.05) is 37.3 Å². The predicted octanol–water partition coefficient (Wildman–Crippen LogP) is 5.08. The summed E-state index contributed by atoms with van der Waals surface area (Å²) in [5, 5.41) is 5.45. The minimum absolute atomic E-state index is 0.119. The molecule has 145 valence electrons. The van der Waals surface area contributed by atoms with E-state index in [1.165, 1.54) is 0 Å². The van der Waals surface area contributed by atoms with Crippen LogP contribution in [0.3, 0.4) is 0 Å². The van der Waals surface area contributed by atoms with Crippen LogP contribution < -0.4 is 10.1 Å². The molecule has 1 radical (unpaired) electrons. The fraction of sp³-hybridized carbons (Fsp3) is 0.250. The topological polar surface area (TPSA) is 47.6 Å². The zero-order valence-electron chi connectivity index (χ0n) is 16.4. The number of carbonyl (C=O) groups excluding carboxylic acids is 1. The van der Waals surface area contributed by atoms with Gasteiger partial charge in [0.2, 0.25) is 0 Å². The standard InChI is InChI=1S/C24H26NO3/c1-4-8-18-13-14-20(28-16-27-3)15-23(18)24(26)25-17(2)21-12-7-10-19-9-5-6-11-22(19)21/h5-7,9-15,17H,1,4,8,16H2,2-3H3,(H,25,26)/t17-/m1/s1. The summed E-state index contributed by atoms with van der Waals surface area (Å²) >= 11 is 0. The number of methoxy groups -OCH3 is 1. The third kappa shape index (κ3) is 4.52. The van der Waals surface area contributed by atoms with Gasteiger partial charge in [-0.1, -0.05) is 55.5 Å². The Kier molecular flexibility index (Phi) is 6.66. The first-order valence-corrected chi connectivity index (χ1v) is 9.46. The lowest BCUT2D eigenvalue weighted by Gasteiger charge is -2.18. The normalized spacial score (nSPS) is 12.0. The number of rotatable bonds is 8. The molecule has 0 bridgehead atoms. The Hall–Kier alpha value is -2.85. The van der Waals surface area contributed by atoms with E-state index < -0.39 is 0 Å². The summed E-state index contributed by atoms with van der Waals surface area (Å²) in [4.78, 5) is 13.1. The van der Waals surface area contributed by atoms with Crippen molar-refractivity contribution in [3.05, 3.63) is 84.3 Å². The molecule has 0 aromatic heterocycles. The molecule has 0 aliphatic heterocycles. The maximum atomic E-state index is 13.1. The van der Waals surface area contributed by atoms with Crippen molar-refractivity contribution in [1.29, 1.82) is 0 Å². The van der Waals surface area contributed by atoms with Gasteiger partial charge in [-0.2, -0.15) is 0 Å². The number of hydrogen-bond donors (Lipinski definition) is 1. The summed E-state index contributed by atoms with van der Waals surface area (Å²) in [6.07, 6.45) is 1.45. The molecule has 0 spiro atoms. The second-order valence-corrected chi connectivity index (χ2v) is 6.74. The van der Waals surface area contributed by atoms with Crippen molar-refractivity contribution in [3.8, 4) is 5.75 Å². The Morgan fingerprint density at radius 2 is 1.89 bits per heavy atom. The van der Waals surface area contributed by atoms with Gasteiger partial charge in [-0.3, -0.25) is 4.79 Å². The molecule has 0 heterocycles. The van der Waals surface area contributed by atoms with Gasteiger partial charge in [-0.25, -0.2) is 0 Å². The van der Waals surface area contributed by atoms with Crippen molar-refractivity contribution in [3.63, 3.8) is 0 Å². The minimum atomic E-state index is -0.130. The zero-order chi connectivity index (χ0) is 19.9. The van der Waals surface area contributed by atoms with Crippen molar-refractivity contribution in [2.45, 2.75) is 25.8 Å². The van der Waals surface area contributed by atoms with Crippen LogP contribution in [0, 0.1) is 6.92 Å². The molecule has 0 unspecified atom stereocenters. The van der Waals surface area contributed by atoms with Gasteiger partial charge in [0.05, 0.1) is 6.04 Å². The molecular weight excluding hydrogens is 350 g/mol. The van der Waals surface area contributed by atoms with E-state index in [0.29, 0.717) is 11.3 Å². The number of fused-ring (bicyclic) bond motifs is 1. The number of ether oxygens (including phenoxy) is 2. The highest BCUT2D eigenvalue weighted by Gasteiger charge is 2.17. The highest BCUT2D eigenvalue weighted by Crippen LogP contribution is 2.25. The second kappa shape index (κ2) is 9.38. The van der Waals surface area contributed by atoms with Gasteiger partial charge >= 0.3 is 0 Å². The summed E-state index contributed by atoms with van der Waals surface area (Å²) < 4.78 is 10.5. The lowest BCUT2D eigenvalue weighted by atomic mass is 9.98. The van der Waals surface area contributed by atoms with Crippen LogP contribution in [0.2, 0.25) is 0 Å². The van der Waals surface area contributed by atoms with Gasteiger partial charge in [-0.15, -0.1) is 0 Å². The van der Waals surface area contributed by atoms with Crippen molar-refractivity contribution < 1.29 is 14.3 Å². The Bertz CT molecular complexity index is 946. The molecule has 0 aliphatic rings. The molecule has 1 N–H and O–H groups in total. The van der Waals surface area contributed by atoms with Crippen molar-refractivity contribution in [2.75, 3.05) is 13.9 Å². The fourth-order valence-corrected chi connectivity index (χ4v) is 3.37. The summed E-state index contributed by atoms with van der Waals surface area (Å²) in [5.41, 5.74) is 2.67. The van der Waals surface area contributed by atoms with Crippen LogP contribution in [0.1, 0.15) is 40.9 Å². The first-order valence-electron chi connectivity index (χ1n) is 9.46. The molecule has 28 heavy (non-hydrogen) atoms. The average Bonchev–Trinajstić information content (AvgIpc) is 2.72. The van der Waals surface area contributed by atoms with Gasteiger partial charge < -0.3 is 14.8 Å². The van der Waals surface area contributed by atoms with Crippen LogP contribution in [0.25, 0.3) is 10.8 Å². The Labute approximate surface area is 166 Å². The van der Waals surface area contributed by atoms with Gasteiger partial charge in [0, 0.05) is 12.7 Å². The first kappa shape index (κ1) is 19.9. The zero-order valence-corrected chi connectivity index (χ0v) is 16.4. The molecule has 0 aliphatic carbocycles. The van der Waals surface area contributed by atoms with E-state index in [4.69, 9.17) is 9.47 Å². The number of nitrogens with one attached hydrogen (secondary N) is 1. The summed E-state index contributed by atoms with van der Waals surface area (Å²) in [6.45, 7) is 6.06. The van der Waals surface area contributed by atoms with Gasteiger partial charge in [-0.05, 0) is 53.8 Å². The lowest BCUT2D eigenvalue weighted by Crippen LogP contribution is -2.27. The van der Waals surface area contributed by atoms with Crippen LogP contribution in [0.4, 0.5) is 0 Å². The molecule has 0 fully saturated rings. The fourth-order valence-electron chi connectivity index (χ4n) is 3.37. The quantitative estimate of drug-likeness (QED) is 0.558. The molecule has 4 heteroatoms. The number of carbonyl (C=O) groups is 1. The largest absolute Gasteiger partial charge is 0.468 e. The molecule has 1 atom stereocenters. The molecule has 3 aromatic carbocycles. The van der Waals surface area contributed by atoms with E-state index >= 15 is 0 Å². The second-order valence-electron chi connectivity index (χ2n) is 6.74. The maximum absolute atomic E-state index is 13.1. The van der Waals surface area contributed by atoms with Gasteiger partial charge in [0.25, 0.3) is 5.91 Å². The van der Waals surface area contributed by atoms with Crippen molar-refractivity contribution in [2.24, 2.45) is 0 Å². The molecule has 3 rings (SSSR count). The summed E-state index contributed by atoms with van der Waals surface area (Å²) in [5.74, 6) is 0.490. The van der Waals surface area contributed by atoms with Crippen LogP contribution in [0.5, 0.6) is 5.75 Å². The molecule has 0 saturated carbocycles. The number of benzene rings is 3. The van der Waals surface area contributed by atoms with Gasteiger partial charge in [0.1, 0.15) is 5.75 Å². The minimum Gasteiger partial charge on any atom is -0.468 e. The number of amides is 1. The lowest BCUT2D eigenvalue weighted by molar-refractivity contribution is 0.0510. The van der Waals surface area contributed by atoms with Crippen LogP contribution in [-0.2, 0) is 11.2 Å². The van der Waals surface area contributed by atoms with E-state index in [-0.39, 0.29) is 18.7 Å². The van der Waals surface area contributed by atoms with Gasteiger partial charge in [0.15, 0.2) is 6.79 Å². The van der Waals surface area contributed by atoms with E-state index in [2.05, 4.69) is 36.5 Å². The highest BCUT2D eigenvalue weighted by molar-refractivity contribution is 5.97. The molecule has 3 aromatic rings. The van der Waals surface area contributed by atoms with Crippen LogP contribution >= 0.6 is 0 Å². The SMILES string of the molecule is [CH2]CCc1ccc(OCOC)cc1C(=O)N[C@H](C)c1cccc2ccccc12. The third-order valence-corrected chi connectivity index (χ3v) is 4.75. The monoisotopic (exact) mass is 376 g/mol. The smallest absolute Gasteiger partial charge is 0.252 e. The molecule has 4 nitrogen and oxygen atoms in total. The number of hydrogen-bond acceptors (Lipinski definition) is 3. The number of aryl methyl sites for hydroxylation is 1. The average molecular weight is 376 g/mol. The first-order chi connectivity index (χ1) is 13.6.